The summed E-state index contributed by atoms with van der Waals surface area (Å²) in [7, 11) is 0. The smallest absolute Gasteiger partial charge is 0.274 e. The van der Waals surface area contributed by atoms with Crippen molar-refractivity contribution in [3.8, 4) is 0 Å². The summed E-state index contributed by atoms with van der Waals surface area (Å²) in [6.45, 7) is 0. The van der Waals surface area contributed by atoms with Crippen molar-refractivity contribution in [2.75, 3.05) is 10.6 Å². The molecule has 0 unspecified atom stereocenters. The minimum absolute atomic E-state index is 0.00723. The van der Waals surface area contributed by atoms with Gasteiger partial charge in [-0.05, 0) is 42.5 Å². The van der Waals surface area contributed by atoms with Crippen LogP contribution in [0.4, 0.5) is 30.2 Å². The molecule has 0 saturated heterocycles. The van der Waals surface area contributed by atoms with E-state index in [1.165, 1.54) is 36.5 Å². The van der Waals surface area contributed by atoms with Gasteiger partial charge in [-0.25, -0.2) is 13.2 Å². The lowest BCUT2D eigenvalue weighted by Gasteiger charge is -2.10. The maximum absolute atomic E-state index is 13.7. The highest BCUT2D eigenvalue weighted by Crippen LogP contribution is 2.24. The fourth-order valence-corrected chi connectivity index (χ4v) is 2.34. The number of carbonyl (C=O) groups excluding carboxylic acids is 1. The lowest BCUT2D eigenvalue weighted by atomic mass is 10.2. The van der Waals surface area contributed by atoms with E-state index in [4.69, 9.17) is 11.6 Å². The zero-order valence-corrected chi connectivity index (χ0v) is 13.8. The van der Waals surface area contributed by atoms with Crippen molar-refractivity contribution in [3.05, 3.63) is 82.9 Å². The number of amides is 1. The fraction of sp³-hybridized carbons (Fsp3) is 0. The minimum atomic E-state index is -0.770. The maximum atomic E-state index is 13.7. The van der Waals surface area contributed by atoms with Gasteiger partial charge in [0.2, 0.25) is 0 Å². The zero-order chi connectivity index (χ0) is 18.7. The van der Waals surface area contributed by atoms with E-state index in [1.54, 1.807) is 0 Å². The number of para-hydroxylation sites is 1. The highest BCUT2D eigenvalue weighted by atomic mass is 35.5. The normalized spacial score (nSPS) is 10.5. The third-order valence-electron chi connectivity index (χ3n) is 3.40. The predicted octanol–water partition coefficient (Wildman–Crippen LogP) is 5.15. The molecule has 132 valence electrons. The summed E-state index contributed by atoms with van der Waals surface area (Å²) < 4.78 is 40.6. The van der Waals surface area contributed by atoms with Crippen molar-refractivity contribution < 1.29 is 18.0 Å². The lowest BCUT2D eigenvalue weighted by molar-refractivity contribution is 0.102. The molecule has 0 bridgehead atoms. The molecule has 2 N–H and O–H groups in total. The number of hydrogen-bond donors (Lipinski definition) is 2. The largest absolute Gasteiger partial charge is 0.351 e. The Morgan fingerprint density at radius 1 is 0.923 bits per heavy atom. The van der Waals surface area contributed by atoms with Gasteiger partial charge >= 0.3 is 0 Å². The Morgan fingerprint density at radius 2 is 1.65 bits per heavy atom. The Morgan fingerprint density at radius 3 is 2.35 bits per heavy atom. The second kappa shape index (κ2) is 7.45. The van der Waals surface area contributed by atoms with Crippen molar-refractivity contribution in [2.24, 2.45) is 0 Å². The molecule has 1 amide bonds. The average Bonchev–Trinajstić information content (AvgIpc) is 2.62. The quantitative estimate of drug-likeness (QED) is 0.661. The fourth-order valence-electron chi connectivity index (χ4n) is 2.16. The Balaban J connectivity index is 1.80. The molecule has 0 aliphatic rings. The number of hydrogen-bond acceptors (Lipinski definition) is 3. The Kier molecular flexibility index (Phi) is 5.09. The molecule has 0 aliphatic heterocycles. The van der Waals surface area contributed by atoms with Gasteiger partial charge in [0.1, 0.15) is 28.8 Å². The second-order valence-corrected chi connectivity index (χ2v) is 5.64. The van der Waals surface area contributed by atoms with Crippen LogP contribution in [0.2, 0.25) is 5.02 Å². The number of nitrogens with one attached hydrogen (secondary N) is 2. The van der Waals surface area contributed by atoms with E-state index < -0.39 is 23.4 Å². The summed E-state index contributed by atoms with van der Waals surface area (Å²) in [5.74, 6) is -2.74. The maximum Gasteiger partial charge on any atom is 0.274 e. The molecule has 0 radical (unpaired) electrons. The average molecular weight is 378 g/mol. The molecule has 4 nitrogen and oxygen atoms in total. The lowest BCUT2D eigenvalue weighted by Crippen LogP contribution is -2.14. The molecule has 26 heavy (non-hydrogen) atoms. The number of carbonyl (C=O) groups is 1. The number of anilines is 3. The summed E-state index contributed by atoms with van der Waals surface area (Å²) in [5.41, 5.74) is 0.204. The molecular weight excluding hydrogens is 367 g/mol. The van der Waals surface area contributed by atoms with Crippen LogP contribution < -0.4 is 10.6 Å². The molecule has 0 atom stereocenters. The minimum Gasteiger partial charge on any atom is -0.351 e. The topological polar surface area (TPSA) is 54.0 Å². The summed E-state index contributed by atoms with van der Waals surface area (Å²) in [5, 5.41) is 4.95. The van der Waals surface area contributed by atoms with Crippen molar-refractivity contribution in [1.29, 1.82) is 0 Å². The Hall–Kier alpha value is -3.06. The van der Waals surface area contributed by atoms with Crippen LogP contribution in [0.25, 0.3) is 0 Å². The van der Waals surface area contributed by atoms with Crippen molar-refractivity contribution >= 4 is 34.6 Å². The Bertz CT molecular complexity index is 961. The molecular formula is C18H11ClF3N3O. The summed E-state index contributed by atoms with van der Waals surface area (Å²) in [6.07, 6.45) is 1.31. The molecule has 1 aromatic heterocycles. The number of pyridine rings is 1. The molecule has 0 fully saturated rings. The first-order valence-corrected chi connectivity index (χ1v) is 7.75. The third-order valence-corrected chi connectivity index (χ3v) is 3.69. The van der Waals surface area contributed by atoms with Gasteiger partial charge < -0.3 is 10.6 Å². The summed E-state index contributed by atoms with van der Waals surface area (Å²) >= 11 is 5.67. The molecule has 8 heteroatoms. The van der Waals surface area contributed by atoms with Crippen molar-refractivity contribution in [1.82, 2.24) is 4.98 Å². The van der Waals surface area contributed by atoms with Crippen molar-refractivity contribution in [2.45, 2.75) is 0 Å². The number of benzene rings is 2. The molecule has 0 saturated carbocycles. The zero-order valence-electron chi connectivity index (χ0n) is 13.1. The number of aromatic nitrogens is 1. The van der Waals surface area contributed by atoms with Crippen LogP contribution in [0.3, 0.4) is 0 Å². The standard InChI is InChI=1S/C18H11ClF3N3O/c19-12-8-10(4-5-13(12)20)25-18(26)16-9-11(6-7-23-16)24-17-14(21)2-1-3-15(17)22/h1-9H,(H,23,24)(H,25,26). The van der Waals surface area contributed by atoms with Gasteiger partial charge in [0.05, 0.1) is 5.02 Å². The molecule has 3 aromatic rings. The van der Waals surface area contributed by atoms with Crippen LogP contribution in [0.1, 0.15) is 10.5 Å². The number of rotatable bonds is 4. The van der Waals surface area contributed by atoms with Gasteiger partial charge in [-0.2, -0.15) is 0 Å². The van der Waals surface area contributed by atoms with Crippen LogP contribution >= 0.6 is 11.6 Å². The van der Waals surface area contributed by atoms with Gasteiger partial charge in [0.15, 0.2) is 0 Å². The predicted molar refractivity (Wildman–Crippen MR) is 93.2 cm³/mol. The molecule has 3 rings (SSSR count). The molecule has 2 aromatic carbocycles. The first-order chi connectivity index (χ1) is 12.4. The van der Waals surface area contributed by atoms with Crippen LogP contribution in [0.15, 0.2) is 54.7 Å². The van der Waals surface area contributed by atoms with E-state index in [9.17, 15) is 18.0 Å². The van der Waals surface area contributed by atoms with Gasteiger partial charge in [0, 0.05) is 17.6 Å². The number of nitrogens with zero attached hydrogens (tertiary/aromatic N) is 1. The van der Waals surface area contributed by atoms with E-state index in [2.05, 4.69) is 15.6 Å². The third kappa shape index (κ3) is 3.94. The van der Waals surface area contributed by atoms with Gasteiger partial charge in [-0.1, -0.05) is 17.7 Å². The summed E-state index contributed by atoms with van der Waals surface area (Å²) in [4.78, 5) is 16.2. The molecule has 0 spiro atoms. The first-order valence-electron chi connectivity index (χ1n) is 7.37. The Labute approximate surface area is 151 Å². The number of halogens is 4. The van der Waals surface area contributed by atoms with E-state index >= 15 is 0 Å². The SMILES string of the molecule is O=C(Nc1ccc(F)c(Cl)c1)c1cc(Nc2c(F)cccc2F)ccn1. The van der Waals surface area contributed by atoms with Crippen LogP contribution in [-0.4, -0.2) is 10.9 Å². The second-order valence-electron chi connectivity index (χ2n) is 5.23. The van der Waals surface area contributed by atoms with Crippen LogP contribution in [-0.2, 0) is 0 Å². The van der Waals surface area contributed by atoms with E-state index in [-0.39, 0.29) is 27.8 Å². The van der Waals surface area contributed by atoms with E-state index in [0.29, 0.717) is 0 Å². The monoisotopic (exact) mass is 377 g/mol. The van der Waals surface area contributed by atoms with E-state index in [0.717, 1.165) is 18.2 Å². The van der Waals surface area contributed by atoms with Gasteiger partial charge in [0.25, 0.3) is 5.91 Å². The molecule has 1 heterocycles. The highest BCUT2D eigenvalue weighted by molar-refractivity contribution is 6.31. The van der Waals surface area contributed by atoms with Crippen LogP contribution in [0, 0.1) is 17.5 Å². The van der Waals surface area contributed by atoms with Crippen LogP contribution in [0.5, 0.6) is 0 Å². The molecule has 0 aliphatic carbocycles. The van der Waals surface area contributed by atoms with Gasteiger partial charge in [-0.15, -0.1) is 0 Å². The van der Waals surface area contributed by atoms with E-state index in [1.807, 2.05) is 0 Å². The summed E-state index contributed by atoms with van der Waals surface area (Å²) in [6, 6.07) is 9.96. The van der Waals surface area contributed by atoms with Crippen molar-refractivity contribution in [3.63, 3.8) is 0 Å². The first kappa shape index (κ1) is 17.8. The van der Waals surface area contributed by atoms with Gasteiger partial charge in [-0.3, -0.25) is 9.78 Å². The highest BCUT2D eigenvalue weighted by Gasteiger charge is 2.12.